The first-order valence-corrected chi connectivity index (χ1v) is 13.3. The lowest BCUT2D eigenvalue weighted by molar-refractivity contribution is 0.0252. The lowest BCUT2D eigenvalue weighted by atomic mass is 10.0. The molecule has 0 aliphatic carbocycles. The molecule has 0 atom stereocenters. The Hall–Kier alpha value is -2.03. The zero-order chi connectivity index (χ0) is 22.0. The average Bonchev–Trinajstić information content (AvgIpc) is 2.69. The Morgan fingerprint density at radius 3 is 2.71 bits per heavy atom. The third-order valence-electron chi connectivity index (χ3n) is 5.17. The minimum absolute atomic E-state index is 0.160. The quantitative estimate of drug-likeness (QED) is 0.477. The molecule has 0 unspecified atom stereocenters. The number of hydrogen-bond donors (Lipinski definition) is 0. The average molecular weight is 504 g/mol. The predicted molar refractivity (Wildman–Crippen MR) is 128 cm³/mol. The molecule has 1 aromatic heterocycles. The highest BCUT2D eigenvalue weighted by Crippen LogP contribution is 2.32. The van der Waals surface area contributed by atoms with Gasteiger partial charge in [-0.15, -0.1) is 0 Å². The van der Waals surface area contributed by atoms with Gasteiger partial charge in [-0.2, -0.15) is 4.36 Å². The van der Waals surface area contributed by atoms with Gasteiger partial charge in [-0.25, -0.2) is 14.2 Å². The maximum Gasteiger partial charge on any atom is 0.124 e. The predicted octanol–water partition coefficient (Wildman–Crippen LogP) is 5.21. The molecule has 1 saturated heterocycles. The van der Waals surface area contributed by atoms with Crippen LogP contribution in [0.2, 0.25) is 0 Å². The summed E-state index contributed by atoms with van der Waals surface area (Å²) in [7, 11) is -2.24. The summed E-state index contributed by atoms with van der Waals surface area (Å²) in [6.45, 7) is 3.49. The minimum Gasteiger partial charge on any atom is -0.490 e. The molecule has 1 aliphatic heterocycles. The van der Waals surface area contributed by atoms with Crippen molar-refractivity contribution in [1.82, 2.24) is 9.97 Å². The molecule has 3 aromatic rings. The zero-order valence-corrected chi connectivity index (χ0v) is 20.3. The molecule has 1 fully saturated rings. The van der Waals surface area contributed by atoms with E-state index >= 15 is 0 Å². The fraction of sp³-hybridized carbons (Fsp3) is 0.391. The number of rotatable bonds is 5. The van der Waals surface area contributed by atoms with Gasteiger partial charge >= 0.3 is 0 Å². The molecule has 31 heavy (non-hydrogen) atoms. The van der Waals surface area contributed by atoms with E-state index in [1.807, 2.05) is 31.2 Å². The molecule has 0 saturated carbocycles. The van der Waals surface area contributed by atoms with Crippen molar-refractivity contribution in [2.45, 2.75) is 32.3 Å². The van der Waals surface area contributed by atoms with Crippen LogP contribution in [0.3, 0.4) is 0 Å². The van der Waals surface area contributed by atoms with Gasteiger partial charge in [-0.3, -0.25) is 0 Å². The van der Waals surface area contributed by atoms with Gasteiger partial charge in [0.25, 0.3) is 0 Å². The summed E-state index contributed by atoms with van der Waals surface area (Å²) < 4.78 is 29.2. The Kier molecular flexibility index (Phi) is 6.60. The van der Waals surface area contributed by atoms with Crippen molar-refractivity contribution >= 4 is 42.2 Å². The Bertz CT molecular complexity index is 1220. The lowest BCUT2D eigenvalue weighted by Gasteiger charge is -2.24. The molecule has 6 nitrogen and oxygen atoms in total. The number of benzene rings is 2. The van der Waals surface area contributed by atoms with E-state index in [0.717, 1.165) is 64.0 Å². The molecule has 0 spiro atoms. The standard InChI is InChI=1S/C23H26BrN3O3S/c1-15-10-18(27-31(2,3)28)13-21-23(15)20(25-14-26-21)11-16-4-5-17(24)12-22(16)30-19-6-8-29-9-7-19/h4-5,10,12-14,19H,6-9,11H2,1-3H3. The lowest BCUT2D eigenvalue weighted by Crippen LogP contribution is -2.26. The van der Waals surface area contributed by atoms with E-state index in [9.17, 15) is 4.21 Å². The largest absolute Gasteiger partial charge is 0.490 e. The number of nitrogens with zero attached hydrogens (tertiary/aromatic N) is 3. The van der Waals surface area contributed by atoms with Crippen LogP contribution in [0.15, 0.2) is 45.5 Å². The smallest absolute Gasteiger partial charge is 0.124 e. The summed E-state index contributed by atoms with van der Waals surface area (Å²) in [4.78, 5) is 9.04. The van der Waals surface area contributed by atoms with E-state index in [1.165, 1.54) is 0 Å². The molecule has 0 radical (unpaired) electrons. The SMILES string of the molecule is Cc1cc(N=S(C)(C)=O)cc2ncnc(Cc3ccc(Br)cc3OC3CCOCC3)c12. The molecule has 0 bridgehead atoms. The second kappa shape index (κ2) is 9.22. The van der Waals surface area contributed by atoms with Crippen molar-refractivity contribution in [3.05, 3.63) is 58.0 Å². The maximum absolute atomic E-state index is 12.1. The molecular formula is C23H26BrN3O3S. The van der Waals surface area contributed by atoms with E-state index in [0.29, 0.717) is 12.1 Å². The van der Waals surface area contributed by atoms with Gasteiger partial charge in [0, 0.05) is 56.9 Å². The van der Waals surface area contributed by atoms with Crippen LogP contribution in [-0.4, -0.2) is 46.0 Å². The summed E-state index contributed by atoms with van der Waals surface area (Å²) in [6, 6.07) is 9.95. The molecular weight excluding hydrogens is 478 g/mol. The van der Waals surface area contributed by atoms with E-state index in [-0.39, 0.29) is 6.10 Å². The van der Waals surface area contributed by atoms with Gasteiger partial charge in [0.2, 0.25) is 0 Å². The number of aromatic nitrogens is 2. The third-order valence-corrected chi connectivity index (χ3v) is 6.32. The number of hydrogen-bond acceptors (Lipinski definition) is 6. The van der Waals surface area contributed by atoms with Crippen LogP contribution >= 0.6 is 15.9 Å². The number of halogens is 1. The molecule has 164 valence electrons. The van der Waals surface area contributed by atoms with Crippen molar-refractivity contribution in [3.8, 4) is 5.75 Å². The van der Waals surface area contributed by atoms with Crippen LogP contribution in [0.4, 0.5) is 5.69 Å². The third kappa shape index (κ3) is 5.61. The Balaban J connectivity index is 1.71. The van der Waals surface area contributed by atoms with Gasteiger partial charge in [0.1, 0.15) is 18.2 Å². The molecule has 2 heterocycles. The van der Waals surface area contributed by atoms with Gasteiger partial charge in [-0.05, 0) is 36.8 Å². The van der Waals surface area contributed by atoms with Crippen molar-refractivity contribution in [3.63, 3.8) is 0 Å². The van der Waals surface area contributed by atoms with E-state index in [1.54, 1.807) is 18.8 Å². The van der Waals surface area contributed by atoms with Crippen LogP contribution in [0.1, 0.15) is 29.7 Å². The molecule has 0 N–H and O–H groups in total. The molecule has 8 heteroatoms. The number of aryl methyl sites for hydroxylation is 1. The topological polar surface area (TPSA) is 73.7 Å². The Labute approximate surface area is 191 Å². The van der Waals surface area contributed by atoms with Gasteiger partial charge < -0.3 is 9.47 Å². The van der Waals surface area contributed by atoms with E-state index < -0.39 is 9.73 Å². The highest BCUT2D eigenvalue weighted by molar-refractivity contribution is 9.10. The van der Waals surface area contributed by atoms with Crippen LogP contribution < -0.4 is 4.74 Å². The van der Waals surface area contributed by atoms with E-state index in [2.05, 4.69) is 36.3 Å². The summed E-state index contributed by atoms with van der Waals surface area (Å²) >= 11 is 3.57. The van der Waals surface area contributed by atoms with E-state index in [4.69, 9.17) is 9.47 Å². The summed E-state index contributed by atoms with van der Waals surface area (Å²) in [5.41, 5.74) is 4.50. The zero-order valence-electron chi connectivity index (χ0n) is 17.9. The minimum atomic E-state index is -2.24. The number of ether oxygens (including phenoxy) is 2. The second-order valence-electron chi connectivity index (χ2n) is 8.11. The second-order valence-corrected chi connectivity index (χ2v) is 11.6. The van der Waals surface area contributed by atoms with Gasteiger partial charge in [0.15, 0.2) is 0 Å². The van der Waals surface area contributed by atoms with Crippen LogP contribution in [0, 0.1) is 6.92 Å². The highest BCUT2D eigenvalue weighted by atomic mass is 79.9. The van der Waals surface area contributed by atoms with Crippen molar-refractivity contribution in [1.29, 1.82) is 0 Å². The van der Waals surface area contributed by atoms with Crippen molar-refractivity contribution in [2.75, 3.05) is 25.7 Å². The molecule has 2 aromatic carbocycles. The fourth-order valence-electron chi connectivity index (χ4n) is 3.83. The first-order valence-electron chi connectivity index (χ1n) is 10.2. The van der Waals surface area contributed by atoms with Crippen LogP contribution in [0.25, 0.3) is 10.9 Å². The fourth-order valence-corrected chi connectivity index (χ4v) is 4.78. The maximum atomic E-state index is 12.1. The highest BCUT2D eigenvalue weighted by Gasteiger charge is 2.18. The molecule has 4 rings (SSSR count). The number of fused-ring (bicyclic) bond motifs is 1. The first-order chi connectivity index (χ1) is 14.8. The van der Waals surface area contributed by atoms with Gasteiger partial charge in [0.05, 0.1) is 30.1 Å². The summed E-state index contributed by atoms with van der Waals surface area (Å²) in [5, 5.41) is 1.00. The van der Waals surface area contributed by atoms with Gasteiger partial charge in [-0.1, -0.05) is 22.0 Å². The van der Waals surface area contributed by atoms with Crippen LogP contribution in [0.5, 0.6) is 5.75 Å². The van der Waals surface area contributed by atoms with Crippen LogP contribution in [-0.2, 0) is 20.9 Å². The Morgan fingerprint density at radius 2 is 1.97 bits per heavy atom. The molecule has 0 amide bonds. The molecule has 1 aliphatic rings. The van der Waals surface area contributed by atoms with Crippen molar-refractivity contribution in [2.24, 2.45) is 4.36 Å². The summed E-state index contributed by atoms with van der Waals surface area (Å²) in [6.07, 6.45) is 7.41. The summed E-state index contributed by atoms with van der Waals surface area (Å²) in [5.74, 6) is 0.869. The monoisotopic (exact) mass is 503 g/mol. The Morgan fingerprint density at radius 1 is 1.19 bits per heavy atom. The first kappa shape index (κ1) is 22.2. The van der Waals surface area contributed by atoms with Crippen molar-refractivity contribution < 1.29 is 13.7 Å². The normalized spacial score (nSPS) is 15.2.